The van der Waals surface area contributed by atoms with Gasteiger partial charge in [0.25, 0.3) is 0 Å². The fourth-order valence-electron chi connectivity index (χ4n) is 5.90. The summed E-state index contributed by atoms with van der Waals surface area (Å²) >= 11 is 0. The number of urea groups is 1. The number of hydrogen-bond acceptors (Lipinski definition) is 6. The lowest BCUT2D eigenvalue weighted by Crippen LogP contribution is -2.48. The molecular weight excluding hydrogens is 507 g/mol. The van der Waals surface area contributed by atoms with Crippen molar-refractivity contribution >= 4 is 22.8 Å². The highest BCUT2D eigenvalue weighted by molar-refractivity contribution is 5.90. The summed E-state index contributed by atoms with van der Waals surface area (Å²) in [6.07, 6.45) is 11.2. The van der Waals surface area contributed by atoms with Crippen molar-refractivity contribution in [1.82, 2.24) is 35.7 Å². The van der Waals surface area contributed by atoms with Gasteiger partial charge in [0, 0.05) is 66.7 Å². The number of H-pyrrole nitrogens is 1. The number of nitrogens with one attached hydrogen (secondary N) is 4. The largest absolute Gasteiger partial charge is 0.376 e. The lowest BCUT2D eigenvalue weighted by atomic mass is 9.83. The number of piperazine rings is 1. The van der Waals surface area contributed by atoms with E-state index in [1.165, 1.54) is 17.7 Å². The second-order valence-corrected chi connectivity index (χ2v) is 10.4. The molecule has 0 bridgehead atoms. The maximum absolute atomic E-state index is 13.5. The van der Waals surface area contributed by atoms with Crippen molar-refractivity contribution in [3.05, 3.63) is 95.5 Å². The fraction of sp³-hybridized carbons (Fsp3) is 0.267. The number of carbonyl (C=O) groups excluding carboxylic acids is 1. The van der Waals surface area contributed by atoms with Crippen LogP contribution >= 0.6 is 0 Å². The molecule has 40 heavy (non-hydrogen) atoms. The minimum atomic E-state index is -0.221. The molecule has 0 radical (unpaired) electrons. The number of pyridine rings is 2. The van der Waals surface area contributed by atoms with Crippen molar-refractivity contribution in [2.24, 2.45) is 0 Å². The summed E-state index contributed by atoms with van der Waals surface area (Å²) in [7, 11) is 0. The third kappa shape index (κ3) is 4.60. The molecule has 4 aromatic rings. The van der Waals surface area contributed by atoms with Gasteiger partial charge in [-0.15, -0.1) is 0 Å². The molecule has 1 aliphatic carbocycles. The lowest BCUT2D eigenvalue weighted by Gasteiger charge is -2.27. The van der Waals surface area contributed by atoms with Crippen LogP contribution < -0.4 is 16.0 Å². The summed E-state index contributed by atoms with van der Waals surface area (Å²) in [5.41, 5.74) is 7.57. The number of rotatable bonds is 4. The number of nitrogens with zero attached hydrogens (tertiary/aromatic N) is 4. The SMILES string of the molecule is O=C(Nc1cncc(-c2cnc3n[nH]c(C4CC5=C(C=CCC5c5ccc(F)cc5)N4)c3c2)c1)N1CCNCC1. The van der Waals surface area contributed by atoms with E-state index < -0.39 is 0 Å². The third-order valence-corrected chi connectivity index (χ3v) is 7.96. The van der Waals surface area contributed by atoms with Crippen LogP contribution in [-0.2, 0) is 0 Å². The number of allylic oxidation sites excluding steroid dienone is 2. The molecule has 2 atom stereocenters. The first kappa shape index (κ1) is 24.5. The van der Waals surface area contributed by atoms with Crippen LogP contribution in [0.25, 0.3) is 22.2 Å². The van der Waals surface area contributed by atoms with Crippen LogP contribution in [0, 0.1) is 5.82 Å². The number of fused-ring (bicyclic) bond motifs is 1. The Morgan fingerprint density at radius 1 is 1.05 bits per heavy atom. The van der Waals surface area contributed by atoms with Crippen LogP contribution in [0.3, 0.4) is 0 Å². The molecule has 2 unspecified atom stereocenters. The number of benzene rings is 1. The number of aromatic nitrogens is 4. The molecule has 7 rings (SSSR count). The maximum atomic E-state index is 13.5. The number of hydrogen-bond donors (Lipinski definition) is 4. The van der Waals surface area contributed by atoms with Gasteiger partial charge in [-0.05, 0) is 54.3 Å². The van der Waals surface area contributed by atoms with Gasteiger partial charge in [0.15, 0.2) is 5.65 Å². The Bertz CT molecular complexity index is 1640. The zero-order chi connectivity index (χ0) is 27.1. The quantitative estimate of drug-likeness (QED) is 0.303. The van der Waals surface area contributed by atoms with E-state index in [4.69, 9.17) is 0 Å². The lowest BCUT2D eigenvalue weighted by molar-refractivity contribution is 0.204. The van der Waals surface area contributed by atoms with Gasteiger partial charge >= 0.3 is 6.03 Å². The van der Waals surface area contributed by atoms with Crippen molar-refractivity contribution < 1.29 is 9.18 Å². The number of amides is 2. The predicted octanol–water partition coefficient (Wildman–Crippen LogP) is 4.63. The number of halogens is 1. The van der Waals surface area contributed by atoms with Crippen LogP contribution in [0.5, 0.6) is 0 Å². The van der Waals surface area contributed by atoms with Gasteiger partial charge in [0.05, 0.1) is 23.6 Å². The molecule has 9 nitrogen and oxygen atoms in total. The molecule has 0 saturated carbocycles. The van der Waals surface area contributed by atoms with Crippen LogP contribution in [0.15, 0.2) is 78.4 Å². The van der Waals surface area contributed by atoms with E-state index in [1.54, 1.807) is 23.5 Å². The Hall–Kier alpha value is -4.57. The van der Waals surface area contributed by atoms with Crippen molar-refractivity contribution in [1.29, 1.82) is 0 Å². The minimum Gasteiger partial charge on any atom is -0.376 e. The normalized spacial score (nSPS) is 20.5. The Labute approximate surface area is 230 Å². The van der Waals surface area contributed by atoms with E-state index in [-0.39, 0.29) is 23.8 Å². The fourth-order valence-corrected chi connectivity index (χ4v) is 5.90. The molecule has 4 N–H and O–H groups in total. The molecule has 0 spiro atoms. The van der Waals surface area contributed by atoms with Crippen molar-refractivity contribution in [3.63, 3.8) is 0 Å². The molecule has 1 saturated heterocycles. The average Bonchev–Trinajstić information content (AvgIpc) is 3.62. The zero-order valence-electron chi connectivity index (χ0n) is 21.8. The Balaban J connectivity index is 1.13. The number of anilines is 1. The highest BCUT2D eigenvalue weighted by Gasteiger charge is 2.32. The van der Waals surface area contributed by atoms with E-state index >= 15 is 0 Å². The van der Waals surface area contributed by atoms with Crippen molar-refractivity contribution in [3.8, 4) is 11.1 Å². The third-order valence-electron chi connectivity index (χ3n) is 7.96. The molecule has 3 aromatic heterocycles. The van der Waals surface area contributed by atoms with Crippen LogP contribution in [-0.4, -0.2) is 57.3 Å². The molecular formula is C30H29FN8O. The Morgan fingerprint density at radius 3 is 2.73 bits per heavy atom. The van der Waals surface area contributed by atoms with Gasteiger partial charge in [0.2, 0.25) is 0 Å². The van der Waals surface area contributed by atoms with E-state index in [1.807, 2.05) is 18.2 Å². The molecule has 10 heteroatoms. The molecule has 1 aromatic carbocycles. The van der Waals surface area contributed by atoms with Gasteiger partial charge in [0.1, 0.15) is 5.82 Å². The summed E-state index contributed by atoms with van der Waals surface area (Å²) in [5, 5.41) is 18.5. The van der Waals surface area contributed by atoms with Crippen molar-refractivity contribution in [2.75, 3.05) is 31.5 Å². The first-order valence-electron chi connectivity index (χ1n) is 13.6. The first-order valence-corrected chi connectivity index (χ1v) is 13.6. The standard InChI is InChI=1S/C30H29FN8O/c31-21-6-4-18(5-7-21)23-2-1-3-26-24(23)14-27(36-26)28-25-13-20(16-34-29(25)38-37-28)19-12-22(17-33-15-19)35-30(40)39-10-8-32-9-11-39/h1,3-7,12-13,15-17,23,27,32,36H,2,8-11,14H2,(H,35,40)(H,34,37,38). The van der Waals surface area contributed by atoms with Crippen molar-refractivity contribution in [2.45, 2.75) is 24.8 Å². The highest BCUT2D eigenvalue weighted by Crippen LogP contribution is 2.44. The van der Waals surface area contributed by atoms with Crippen LogP contribution in [0.4, 0.5) is 14.9 Å². The zero-order valence-corrected chi connectivity index (χ0v) is 21.8. The van der Waals surface area contributed by atoms with Gasteiger partial charge in [-0.3, -0.25) is 10.1 Å². The van der Waals surface area contributed by atoms with Crippen LogP contribution in [0.1, 0.15) is 36.1 Å². The van der Waals surface area contributed by atoms with Gasteiger partial charge in [-0.25, -0.2) is 14.2 Å². The average molecular weight is 537 g/mol. The van der Waals surface area contributed by atoms with Gasteiger partial charge in [-0.1, -0.05) is 18.2 Å². The first-order chi connectivity index (χ1) is 19.6. The van der Waals surface area contributed by atoms with Gasteiger partial charge in [-0.2, -0.15) is 5.10 Å². The van der Waals surface area contributed by atoms with E-state index in [2.05, 4.69) is 54.3 Å². The highest BCUT2D eigenvalue weighted by atomic mass is 19.1. The topological polar surface area (TPSA) is 111 Å². The molecule has 2 amide bonds. The molecule has 3 aliphatic rings. The molecule has 202 valence electrons. The molecule has 2 aliphatic heterocycles. The van der Waals surface area contributed by atoms with Gasteiger partial charge < -0.3 is 20.9 Å². The van der Waals surface area contributed by atoms with E-state index in [9.17, 15) is 9.18 Å². The second kappa shape index (κ2) is 10.2. The molecule has 5 heterocycles. The predicted molar refractivity (Wildman–Crippen MR) is 151 cm³/mol. The Morgan fingerprint density at radius 2 is 1.88 bits per heavy atom. The van der Waals surface area contributed by atoms with E-state index in [0.717, 1.165) is 59.4 Å². The second-order valence-electron chi connectivity index (χ2n) is 10.4. The summed E-state index contributed by atoms with van der Waals surface area (Å²) in [4.78, 5) is 23.5. The summed E-state index contributed by atoms with van der Waals surface area (Å²) in [6.45, 7) is 2.94. The Kier molecular flexibility index (Phi) is 6.24. The monoisotopic (exact) mass is 536 g/mol. The summed E-state index contributed by atoms with van der Waals surface area (Å²) < 4.78 is 13.5. The number of carbonyl (C=O) groups is 1. The van der Waals surface area contributed by atoms with E-state index in [0.29, 0.717) is 24.4 Å². The number of aromatic amines is 1. The summed E-state index contributed by atoms with van der Waals surface area (Å²) in [5.74, 6) is -0.00664. The summed E-state index contributed by atoms with van der Waals surface area (Å²) in [6, 6.07) is 10.7. The van der Waals surface area contributed by atoms with Crippen LogP contribution in [0.2, 0.25) is 0 Å². The molecule has 1 fully saturated rings. The maximum Gasteiger partial charge on any atom is 0.321 e. The smallest absolute Gasteiger partial charge is 0.321 e. The minimum absolute atomic E-state index is 0.0144.